The second kappa shape index (κ2) is 14.8. The van der Waals surface area contributed by atoms with Crippen LogP contribution in [0.5, 0.6) is 23.0 Å². The fourth-order valence-corrected chi connectivity index (χ4v) is 9.73. The zero-order valence-corrected chi connectivity index (χ0v) is 29.4. The third-order valence-corrected chi connectivity index (χ3v) is 12.3. The first-order valence-electron chi connectivity index (χ1n) is 17.3. The second-order valence-electron chi connectivity index (χ2n) is 14.6. The van der Waals surface area contributed by atoms with Crippen LogP contribution in [0.4, 0.5) is 0 Å². The van der Waals surface area contributed by atoms with Gasteiger partial charge in [0.1, 0.15) is 48.0 Å². The van der Waals surface area contributed by atoms with Crippen LogP contribution in [-0.4, -0.2) is 61.0 Å². The summed E-state index contributed by atoms with van der Waals surface area (Å²) in [7, 11) is -4.33. The number of fused-ring (bicyclic) bond motifs is 3. The lowest BCUT2D eigenvalue weighted by Crippen LogP contribution is -3.13. The number of nitrogens with one attached hydrogen (secondary N) is 1. The number of rotatable bonds is 8. The Balaban J connectivity index is 0.000000255. The van der Waals surface area contributed by atoms with Crippen molar-refractivity contribution < 1.29 is 42.4 Å². The molecule has 0 radical (unpaired) electrons. The summed E-state index contributed by atoms with van der Waals surface area (Å²) in [6.45, 7) is 10.2. The molecule has 2 bridgehead atoms. The number of allylic oxidation sites excluding steroid dienone is 1. The molecule has 9 nitrogen and oxygen atoms in total. The van der Waals surface area contributed by atoms with Gasteiger partial charge in [-0.3, -0.25) is 4.79 Å². The highest BCUT2D eigenvalue weighted by Gasteiger charge is 2.64. The molecule has 2 aliphatic heterocycles. The van der Waals surface area contributed by atoms with E-state index >= 15 is 0 Å². The fourth-order valence-electron chi connectivity index (χ4n) is 8.45. The van der Waals surface area contributed by atoms with Crippen molar-refractivity contribution in [2.75, 3.05) is 32.0 Å². The van der Waals surface area contributed by atoms with E-state index in [1.54, 1.807) is 29.2 Å². The molecule has 10 heteroatoms. The van der Waals surface area contributed by atoms with E-state index in [1.165, 1.54) is 32.4 Å². The van der Waals surface area contributed by atoms with Gasteiger partial charge in [0.25, 0.3) is 0 Å². The van der Waals surface area contributed by atoms with Gasteiger partial charge in [0.15, 0.2) is 0 Å². The van der Waals surface area contributed by atoms with Crippen LogP contribution in [0.3, 0.4) is 0 Å². The molecule has 1 saturated heterocycles. The number of Topliss-reactive ketones (excluding diaryl/α,β-unsaturated/α-hetero) is 1. The number of benzene rings is 3. The molecule has 0 aromatic heterocycles. The second-order valence-corrected chi connectivity index (χ2v) is 16.0. The normalized spacial score (nSPS) is 24.0. The highest BCUT2D eigenvalue weighted by molar-refractivity contribution is 7.85. The molecule has 3 unspecified atom stereocenters. The van der Waals surface area contributed by atoms with Gasteiger partial charge in [0, 0.05) is 29.0 Å². The Morgan fingerprint density at radius 1 is 0.960 bits per heavy atom. The number of aromatic hydroxyl groups is 2. The number of ketones is 1. The number of piperidine rings is 1. The molecule has 3 atom stereocenters. The third kappa shape index (κ3) is 7.57. The highest BCUT2D eigenvalue weighted by Crippen LogP contribution is 2.64. The van der Waals surface area contributed by atoms with Gasteiger partial charge in [-0.1, -0.05) is 45.5 Å². The largest absolute Gasteiger partial charge is 0.748 e. The summed E-state index contributed by atoms with van der Waals surface area (Å²) in [5.74, 6) is 1.65. The van der Waals surface area contributed by atoms with Crippen LogP contribution in [0.25, 0.3) is 11.1 Å². The standard InChI is InChI=1S/C29H31NO4.C10H16O4S.CH4/c1-20-26-14-11-24(32)19-27(26)34-29(28(20)21-5-9-23(31)10-6-21)22-7-12-25(13-8-22)33-18-17-30-15-3-2-4-16-30;1-9(2)7-3-4-10(9,8(11)5-7)6-15(12,13)14;/h5-14,19,29,31-32H,2-4,15-18H2,1H3;7H,3-6H2,1-2H3,(H,12,13,14);1H4. The minimum Gasteiger partial charge on any atom is -0.748 e. The van der Waals surface area contributed by atoms with E-state index in [0.717, 1.165) is 53.2 Å². The summed E-state index contributed by atoms with van der Waals surface area (Å²) >= 11 is 0. The molecular formula is C40H51NO8S. The third-order valence-electron chi connectivity index (χ3n) is 11.5. The van der Waals surface area contributed by atoms with Crippen molar-refractivity contribution >= 4 is 27.0 Å². The lowest BCUT2D eigenvalue weighted by atomic mass is 9.70. The van der Waals surface area contributed by atoms with Gasteiger partial charge in [0.05, 0.1) is 29.0 Å². The van der Waals surface area contributed by atoms with Crippen molar-refractivity contribution in [1.82, 2.24) is 0 Å². The molecule has 2 aliphatic carbocycles. The van der Waals surface area contributed by atoms with Gasteiger partial charge in [-0.25, -0.2) is 8.42 Å². The summed E-state index contributed by atoms with van der Waals surface area (Å²) in [5.41, 5.74) is 3.86. The fraction of sp³-hybridized carbons (Fsp3) is 0.475. The zero-order chi connectivity index (χ0) is 35.0. The van der Waals surface area contributed by atoms with Crippen LogP contribution in [0.2, 0.25) is 0 Å². The first-order chi connectivity index (χ1) is 23.3. The predicted octanol–water partition coefficient (Wildman–Crippen LogP) is 6.17. The van der Waals surface area contributed by atoms with Gasteiger partial charge < -0.3 is 29.1 Å². The summed E-state index contributed by atoms with van der Waals surface area (Å²) in [5, 5.41) is 19.8. The van der Waals surface area contributed by atoms with Crippen LogP contribution in [0.15, 0.2) is 66.7 Å². The van der Waals surface area contributed by atoms with E-state index in [4.69, 9.17) is 9.47 Å². The van der Waals surface area contributed by atoms with Gasteiger partial charge in [-0.05, 0) is 103 Å². The molecule has 3 fully saturated rings. The summed E-state index contributed by atoms with van der Waals surface area (Å²) < 4.78 is 45.2. The Bertz CT molecular complexity index is 1810. The van der Waals surface area contributed by atoms with Crippen LogP contribution in [-0.2, 0) is 14.9 Å². The molecule has 270 valence electrons. The van der Waals surface area contributed by atoms with Gasteiger partial charge in [-0.2, -0.15) is 0 Å². The molecule has 2 saturated carbocycles. The van der Waals surface area contributed by atoms with Crippen LogP contribution in [0, 0.1) is 16.7 Å². The van der Waals surface area contributed by atoms with Gasteiger partial charge in [-0.15, -0.1) is 0 Å². The summed E-state index contributed by atoms with van der Waals surface area (Å²) in [6.07, 6.45) is 5.54. The Kier molecular flexibility index (Phi) is 11.1. The molecule has 7 rings (SSSR count). The Labute approximate surface area is 296 Å². The lowest BCUT2D eigenvalue weighted by Gasteiger charge is -2.37. The Morgan fingerprint density at radius 2 is 1.62 bits per heavy atom. The van der Waals surface area contributed by atoms with Crippen molar-refractivity contribution in [2.45, 2.75) is 72.8 Å². The molecule has 3 N–H and O–H groups in total. The number of carbonyl (C=O) groups excluding carboxylic acids is 1. The maximum Gasteiger partial charge on any atom is 0.150 e. The minimum atomic E-state index is -4.33. The quantitative estimate of drug-likeness (QED) is 0.237. The number of hydrogen-bond donors (Lipinski definition) is 3. The molecule has 0 spiro atoms. The predicted molar refractivity (Wildman–Crippen MR) is 193 cm³/mol. The number of quaternary nitrogens is 1. The average molecular weight is 706 g/mol. The van der Waals surface area contributed by atoms with Crippen LogP contribution in [0.1, 0.15) is 89.5 Å². The maximum atomic E-state index is 11.8. The monoisotopic (exact) mass is 705 g/mol. The first kappa shape index (κ1) is 37.4. The van der Waals surface area contributed by atoms with E-state index in [2.05, 4.69) is 19.1 Å². The minimum absolute atomic E-state index is 0. The van der Waals surface area contributed by atoms with Gasteiger partial charge in [0.2, 0.25) is 0 Å². The number of phenols is 2. The molecule has 3 aromatic rings. The van der Waals surface area contributed by atoms with Crippen molar-refractivity contribution in [1.29, 1.82) is 0 Å². The lowest BCUT2D eigenvalue weighted by molar-refractivity contribution is -0.904. The Morgan fingerprint density at radius 3 is 2.22 bits per heavy atom. The van der Waals surface area contributed by atoms with Crippen LogP contribution >= 0.6 is 0 Å². The van der Waals surface area contributed by atoms with E-state index in [0.29, 0.717) is 18.6 Å². The smallest absolute Gasteiger partial charge is 0.150 e. The molecular weight excluding hydrogens is 655 g/mol. The van der Waals surface area contributed by atoms with E-state index in [1.807, 2.05) is 44.2 Å². The van der Waals surface area contributed by atoms with E-state index < -0.39 is 21.3 Å². The summed E-state index contributed by atoms with van der Waals surface area (Å²) in [4.78, 5) is 13.5. The zero-order valence-electron chi connectivity index (χ0n) is 28.5. The van der Waals surface area contributed by atoms with Crippen molar-refractivity contribution in [3.05, 3.63) is 83.4 Å². The summed E-state index contributed by atoms with van der Waals surface area (Å²) in [6, 6.07) is 20.6. The van der Waals surface area contributed by atoms with Crippen molar-refractivity contribution in [3.63, 3.8) is 0 Å². The number of phenolic OH excluding ortho intramolecular Hbond substituents is 2. The maximum absolute atomic E-state index is 11.8. The van der Waals surface area contributed by atoms with Crippen molar-refractivity contribution in [2.24, 2.45) is 16.7 Å². The topological polar surface area (TPSA) is 138 Å². The number of carbonyl (C=O) groups is 1. The van der Waals surface area contributed by atoms with E-state index in [9.17, 15) is 28.0 Å². The van der Waals surface area contributed by atoms with Gasteiger partial charge >= 0.3 is 0 Å². The molecule has 50 heavy (non-hydrogen) atoms. The highest BCUT2D eigenvalue weighted by atomic mass is 32.2. The average Bonchev–Trinajstić information content (AvgIpc) is 3.40. The number of likely N-dealkylation sites (tertiary alicyclic amines) is 1. The molecule has 2 heterocycles. The molecule has 0 amide bonds. The molecule has 3 aromatic carbocycles. The number of ether oxygens (including phenoxy) is 2. The first-order valence-corrected chi connectivity index (χ1v) is 18.9. The molecule has 4 aliphatic rings. The van der Waals surface area contributed by atoms with E-state index in [-0.39, 0.29) is 42.1 Å². The number of hydrogen-bond acceptors (Lipinski definition) is 8. The Hall–Kier alpha value is -3.86. The van der Waals surface area contributed by atoms with Crippen LogP contribution < -0.4 is 14.4 Å². The SMILES string of the molecule is C.CC1(C)C2CCC1(CS(=O)(=O)[O-])C(=O)C2.CC1=C(c2ccc(O)cc2)C(c2ccc(OCC[NH+]3CCCCC3)cc2)Oc2cc(O)ccc21. The van der Waals surface area contributed by atoms with Crippen molar-refractivity contribution in [3.8, 4) is 23.0 Å².